The van der Waals surface area contributed by atoms with Crippen molar-refractivity contribution in [2.45, 2.75) is 69.2 Å². The normalized spacial score (nSPS) is 28.8. The first-order valence-electron chi connectivity index (χ1n) is 10.1. The van der Waals surface area contributed by atoms with Gasteiger partial charge in [0.2, 0.25) is 10.0 Å². The quantitative estimate of drug-likeness (QED) is 0.472. The third kappa shape index (κ3) is 3.90. The minimum Gasteiger partial charge on any atom is -0.481 e. The molecule has 0 radical (unpaired) electrons. The first-order chi connectivity index (χ1) is 13.2. The van der Waals surface area contributed by atoms with E-state index >= 15 is 0 Å². The Balaban J connectivity index is 1.75. The first kappa shape index (κ1) is 21.1. The molecular formula is C22H31NO4S. The van der Waals surface area contributed by atoms with Gasteiger partial charge in [0.15, 0.2) is 0 Å². The lowest BCUT2D eigenvalue weighted by Crippen LogP contribution is -2.57. The van der Waals surface area contributed by atoms with Gasteiger partial charge in [-0.15, -0.1) is 0 Å². The van der Waals surface area contributed by atoms with E-state index in [-0.39, 0.29) is 17.8 Å². The summed E-state index contributed by atoms with van der Waals surface area (Å²) >= 11 is 0. The third-order valence-electron chi connectivity index (χ3n) is 7.04. The Labute approximate surface area is 168 Å². The summed E-state index contributed by atoms with van der Waals surface area (Å²) in [4.78, 5) is 10.9. The number of hydrogen-bond acceptors (Lipinski definition) is 3. The van der Waals surface area contributed by atoms with Crippen molar-refractivity contribution in [3.8, 4) is 0 Å². The van der Waals surface area contributed by atoms with Crippen LogP contribution in [-0.2, 0) is 14.8 Å². The van der Waals surface area contributed by atoms with Crippen LogP contribution in [-0.4, -0.2) is 25.0 Å². The Hall–Kier alpha value is -1.66. The number of hydrogen-bond donors (Lipinski definition) is 2. The minimum atomic E-state index is -3.58. The highest BCUT2D eigenvalue weighted by Crippen LogP contribution is 2.64. The molecule has 0 unspecified atom stereocenters. The van der Waals surface area contributed by atoms with Crippen molar-refractivity contribution in [3.63, 3.8) is 0 Å². The van der Waals surface area contributed by atoms with E-state index in [1.165, 1.54) is 0 Å². The molecular weight excluding hydrogens is 374 g/mol. The maximum atomic E-state index is 13.1. The Kier molecular flexibility index (Phi) is 6.01. The van der Waals surface area contributed by atoms with Crippen LogP contribution >= 0.6 is 0 Å². The lowest BCUT2D eigenvalue weighted by Gasteiger charge is -2.43. The Morgan fingerprint density at radius 1 is 1.25 bits per heavy atom. The van der Waals surface area contributed by atoms with Crippen LogP contribution in [0.3, 0.4) is 0 Å². The smallest absolute Gasteiger partial charge is 0.303 e. The van der Waals surface area contributed by atoms with Crippen molar-refractivity contribution in [1.82, 2.24) is 4.72 Å². The number of rotatable bonds is 9. The summed E-state index contributed by atoms with van der Waals surface area (Å²) in [5, 5.41) is 8.72. The van der Waals surface area contributed by atoms with Crippen LogP contribution in [0.25, 0.3) is 0 Å². The highest BCUT2D eigenvalue weighted by molar-refractivity contribution is 7.89. The summed E-state index contributed by atoms with van der Waals surface area (Å²) in [5.74, 6) is 0.0179. The number of benzene rings is 1. The Morgan fingerprint density at radius 2 is 1.96 bits per heavy atom. The largest absolute Gasteiger partial charge is 0.481 e. The highest BCUT2D eigenvalue weighted by Gasteiger charge is 2.64. The fourth-order valence-electron chi connectivity index (χ4n) is 5.35. The maximum Gasteiger partial charge on any atom is 0.303 e. The number of carbonyl (C=O) groups is 1. The van der Waals surface area contributed by atoms with Crippen molar-refractivity contribution < 1.29 is 18.3 Å². The van der Waals surface area contributed by atoms with Crippen LogP contribution in [0.1, 0.15) is 58.8 Å². The number of allylic oxidation sites excluding steroid dienone is 2. The first-order valence-corrected chi connectivity index (χ1v) is 11.6. The average molecular weight is 406 g/mol. The van der Waals surface area contributed by atoms with E-state index in [0.717, 1.165) is 32.1 Å². The number of carboxylic acids is 1. The zero-order valence-corrected chi connectivity index (χ0v) is 17.5. The van der Waals surface area contributed by atoms with Crippen molar-refractivity contribution >= 4 is 16.0 Å². The molecule has 5 nitrogen and oxygen atoms in total. The molecule has 154 valence electrons. The van der Waals surface area contributed by atoms with Gasteiger partial charge < -0.3 is 5.11 Å². The molecule has 0 spiro atoms. The fraction of sp³-hybridized carbons (Fsp3) is 0.591. The van der Waals surface area contributed by atoms with E-state index in [1.807, 2.05) is 12.1 Å². The zero-order valence-electron chi connectivity index (χ0n) is 16.7. The van der Waals surface area contributed by atoms with Crippen molar-refractivity contribution in [2.24, 2.45) is 17.3 Å². The predicted molar refractivity (Wildman–Crippen MR) is 109 cm³/mol. The lowest BCUT2D eigenvalue weighted by molar-refractivity contribution is -0.137. The molecule has 2 aliphatic rings. The molecule has 2 N–H and O–H groups in total. The van der Waals surface area contributed by atoms with Gasteiger partial charge in [0.05, 0.1) is 4.90 Å². The number of unbranched alkanes of at least 4 members (excludes halogenated alkanes) is 1. The van der Waals surface area contributed by atoms with Gasteiger partial charge in [-0.25, -0.2) is 13.1 Å². The highest BCUT2D eigenvalue weighted by atomic mass is 32.2. The number of aliphatic carboxylic acids is 1. The van der Waals surface area contributed by atoms with Crippen LogP contribution in [0.2, 0.25) is 0 Å². The molecule has 1 aromatic rings. The molecule has 28 heavy (non-hydrogen) atoms. The molecule has 0 aliphatic heterocycles. The fourth-order valence-corrected chi connectivity index (χ4v) is 6.99. The number of carboxylic acid groups (broad SMARTS) is 1. The number of nitrogens with one attached hydrogen (secondary N) is 1. The van der Waals surface area contributed by atoms with E-state index in [2.05, 4.69) is 24.6 Å². The van der Waals surface area contributed by atoms with Gasteiger partial charge in [0.1, 0.15) is 0 Å². The van der Waals surface area contributed by atoms with E-state index in [0.29, 0.717) is 17.2 Å². The standard InChI is InChI=1S/C22H31NO4S/c1-21(2)17-14-15-22(21,23-28(26,27)19-11-7-5-8-12-19)18(16-17)10-6-3-4-9-13-20(24)25/h3,5-8,11-12,17-18,23H,4,9-10,13-16H2,1-2H3,(H,24,25)/b6-3-/t17-,18-,22+/m1/s1. The SMILES string of the molecule is CC1(C)[C@@H]2CC[C@]1(NS(=O)(=O)c1ccccc1)[C@H](C/C=C\CCCC(=O)O)C2. The van der Waals surface area contributed by atoms with Gasteiger partial charge in [-0.1, -0.05) is 44.2 Å². The maximum absolute atomic E-state index is 13.1. The minimum absolute atomic E-state index is 0.0866. The molecule has 2 aliphatic carbocycles. The van der Waals surface area contributed by atoms with Gasteiger partial charge in [-0.2, -0.15) is 0 Å². The van der Waals surface area contributed by atoms with Crippen molar-refractivity contribution in [3.05, 3.63) is 42.5 Å². The Bertz CT molecular complexity index is 831. The second-order valence-electron chi connectivity index (χ2n) is 8.77. The molecule has 2 bridgehead atoms. The summed E-state index contributed by atoms with van der Waals surface area (Å²) in [5.41, 5.74) is -0.519. The number of fused-ring (bicyclic) bond motifs is 2. The summed E-state index contributed by atoms with van der Waals surface area (Å²) in [6, 6.07) is 8.61. The second kappa shape index (κ2) is 7.99. The van der Waals surface area contributed by atoms with E-state index in [9.17, 15) is 13.2 Å². The topological polar surface area (TPSA) is 83.5 Å². The van der Waals surface area contributed by atoms with E-state index < -0.39 is 21.5 Å². The summed E-state index contributed by atoms with van der Waals surface area (Å²) in [6.45, 7) is 4.41. The lowest BCUT2D eigenvalue weighted by atomic mass is 9.72. The molecule has 2 saturated carbocycles. The monoisotopic (exact) mass is 405 g/mol. The summed E-state index contributed by atoms with van der Waals surface area (Å²) in [6.07, 6.45) is 9.50. The van der Waals surface area contributed by atoms with Crippen LogP contribution < -0.4 is 4.72 Å². The molecule has 0 amide bonds. The number of sulfonamides is 1. The van der Waals surface area contributed by atoms with Crippen molar-refractivity contribution in [1.29, 1.82) is 0 Å². The molecule has 0 heterocycles. The second-order valence-corrected chi connectivity index (χ2v) is 10.5. The summed E-state index contributed by atoms with van der Waals surface area (Å²) in [7, 11) is -3.58. The van der Waals surface area contributed by atoms with Crippen LogP contribution in [0.5, 0.6) is 0 Å². The predicted octanol–water partition coefficient (Wildman–Crippen LogP) is 4.36. The summed E-state index contributed by atoms with van der Waals surface area (Å²) < 4.78 is 29.3. The zero-order chi connectivity index (χ0) is 20.4. The van der Waals surface area contributed by atoms with E-state index in [1.54, 1.807) is 24.3 Å². The Morgan fingerprint density at radius 3 is 2.61 bits per heavy atom. The molecule has 0 saturated heterocycles. The van der Waals surface area contributed by atoms with E-state index in [4.69, 9.17) is 5.11 Å². The molecule has 3 rings (SSSR count). The van der Waals surface area contributed by atoms with Crippen LogP contribution in [0.4, 0.5) is 0 Å². The molecule has 1 aromatic carbocycles. The van der Waals surface area contributed by atoms with Crippen molar-refractivity contribution in [2.75, 3.05) is 0 Å². The van der Waals surface area contributed by atoms with Crippen LogP contribution in [0.15, 0.2) is 47.4 Å². The van der Waals surface area contributed by atoms with Gasteiger partial charge in [-0.3, -0.25) is 4.79 Å². The molecule has 6 heteroatoms. The van der Waals surface area contributed by atoms with Gasteiger partial charge >= 0.3 is 5.97 Å². The third-order valence-corrected chi connectivity index (χ3v) is 8.57. The van der Waals surface area contributed by atoms with Gasteiger partial charge in [0.25, 0.3) is 0 Å². The molecule has 3 atom stereocenters. The average Bonchev–Trinajstić information content (AvgIpc) is 2.99. The van der Waals surface area contributed by atoms with Gasteiger partial charge in [0, 0.05) is 12.0 Å². The van der Waals surface area contributed by atoms with Gasteiger partial charge in [-0.05, 0) is 67.9 Å². The van der Waals surface area contributed by atoms with Crippen LogP contribution in [0, 0.1) is 17.3 Å². The molecule has 2 fully saturated rings. The molecule has 0 aromatic heterocycles.